The van der Waals surface area contributed by atoms with Gasteiger partial charge in [-0.05, 0) is 29.8 Å². The highest BCUT2D eigenvalue weighted by Gasteiger charge is 2.23. The number of hydrogen-bond donors (Lipinski definition) is 2. The zero-order valence-electron chi connectivity index (χ0n) is 15.1. The van der Waals surface area contributed by atoms with Crippen molar-refractivity contribution in [2.24, 2.45) is 4.99 Å². The minimum Gasteiger partial charge on any atom is -0.493 e. The number of nitriles is 1. The van der Waals surface area contributed by atoms with Crippen LogP contribution in [0.5, 0.6) is 5.88 Å². The van der Waals surface area contributed by atoms with Gasteiger partial charge in [-0.3, -0.25) is 4.99 Å². The number of carbonyl (C=O) groups excluding carboxylic acids is 1. The summed E-state index contributed by atoms with van der Waals surface area (Å²) in [5.41, 5.74) is 1.10. The largest absolute Gasteiger partial charge is 0.493 e. The van der Waals surface area contributed by atoms with Gasteiger partial charge in [0.1, 0.15) is 23.7 Å². The van der Waals surface area contributed by atoms with Crippen LogP contribution in [0.2, 0.25) is 5.02 Å². The van der Waals surface area contributed by atoms with Gasteiger partial charge in [-0.2, -0.15) is 5.26 Å². The second-order valence-corrected chi connectivity index (χ2v) is 6.87. The summed E-state index contributed by atoms with van der Waals surface area (Å²) in [4.78, 5) is 30.7. The molecule has 9 heteroatoms. The third kappa shape index (κ3) is 3.11. The molecule has 3 aromatic rings. The highest BCUT2D eigenvalue weighted by atomic mass is 35.5. The SMILES string of the molecule is N#Cc1ccc(C(C=O)n2c(O)c(/C=C3\C=Nc4c3ccc(Cl)c4F)[nH]c2=O)cc1. The van der Waals surface area contributed by atoms with Crippen molar-refractivity contribution < 1.29 is 14.3 Å². The number of carbonyl (C=O) groups is 1. The number of nitrogens with one attached hydrogen (secondary N) is 1. The Balaban J connectivity index is 1.77. The standard InChI is InChI=1S/C21H12ClFN4O3/c22-15-6-5-14-13(9-25-19(14)18(15)23)7-16-20(29)27(21(30)26-16)17(10-28)12-3-1-11(8-24)2-4-12/h1-7,9-10,17,29H,(H,26,30)/b13-7+. The lowest BCUT2D eigenvalue weighted by molar-refractivity contribution is -0.109. The number of H-pyrrole nitrogens is 1. The van der Waals surface area contributed by atoms with Gasteiger partial charge >= 0.3 is 5.69 Å². The van der Waals surface area contributed by atoms with E-state index in [1.54, 1.807) is 6.07 Å². The number of aldehydes is 1. The van der Waals surface area contributed by atoms with Crippen LogP contribution in [-0.4, -0.2) is 27.2 Å². The number of rotatable bonds is 4. The minimum atomic E-state index is -1.10. The van der Waals surface area contributed by atoms with E-state index in [1.165, 1.54) is 42.6 Å². The molecular weight excluding hydrogens is 411 g/mol. The van der Waals surface area contributed by atoms with E-state index in [1.807, 2.05) is 6.07 Å². The fourth-order valence-corrected chi connectivity index (χ4v) is 3.39. The van der Waals surface area contributed by atoms with Gasteiger partial charge in [0.05, 0.1) is 16.7 Å². The molecule has 0 bridgehead atoms. The predicted molar refractivity (Wildman–Crippen MR) is 110 cm³/mol. The number of benzene rings is 2. The van der Waals surface area contributed by atoms with Crippen LogP contribution in [0.25, 0.3) is 11.6 Å². The van der Waals surface area contributed by atoms with E-state index >= 15 is 0 Å². The van der Waals surface area contributed by atoms with E-state index in [4.69, 9.17) is 16.9 Å². The maximum atomic E-state index is 14.1. The maximum absolute atomic E-state index is 14.1. The predicted octanol–water partition coefficient (Wildman–Crippen LogP) is 3.59. The number of aromatic amines is 1. The Morgan fingerprint density at radius 2 is 2.00 bits per heavy atom. The molecule has 1 aliphatic heterocycles. The topological polar surface area (TPSA) is 111 Å². The van der Waals surface area contributed by atoms with Crippen LogP contribution in [0.1, 0.15) is 28.4 Å². The van der Waals surface area contributed by atoms with E-state index in [2.05, 4.69) is 9.98 Å². The molecule has 7 nitrogen and oxygen atoms in total. The number of aliphatic imine (C=N–C) groups is 1. The van der Waals surface area contributed by atoms with Crippen LogP contribution in [0.3, 0.4) is 0 Å². The molecule has 0 spiro atoms. The third-order valence-corrected chi connectivity index (χ3v) is 5.02. The third-order valence-electron chi connectivity index (χ3n) is 4.73. The Hall–Kier alpha value is -3.96. The minimum absolute atomic E-state index is 0.0325. The van der Waals surface area contributed by atoms with Crippen molar-refractivity contribution in [1.82, 2.24) is 9.55 Å². The molecule has 30 heavy (non-hydrogen) atoms. The first kappa shape index (κ1) is 19.4. The van der Waals surface area contributed by atoms with Gasteiger partial charge < -0.3 is 14.9 Å². The van der Waals surface area contributed by atoms with Gasteiger partial charge in [0.2, 0.25) is 5.88 Å². The number of aromatic nitrogens is 2. The highest BCUT2D eigenvalue weighted by molar-refractivity contribution is 6.31. The summed E-state index contributed by atoms with van der Waals surface area (Å²) in [6, 6.07) is 9.91. The van der Waals surface area contributed by atoms with Crippen LogP contribution in [0, 0.1) is 17.1 Å². The van der Waals surface area contributed by atoms with Crippen molar-refractivity contribution in [3.05, 3.63) is 80.1 Å². The van der Waals surface area contributed by atoms with Crippen LogP contribution >= 0.6 is 11.6 Å². The number of nitrogens with zero attached hydrogens (tertiary/aromatic N) is 3. The molecule has 0 fully saturated rings. The van der Waals surface area contributed by atoms with Crippen molar-refractivity contribution in [2.75, 3.05) is 0 Å². The summed E-state index contributed by atoms with van der Waals surface area (Å²) in [5.74, 6) is -1.13. The number of hydrogen-bond acceptors (Lipinski definition) is 5. The lowest BCUT2D eigenvalue weighted by Crippen LogP contribution is -2.23. The average molecular weight is 423 g/mol. The molecule has 0 saturated heterocycles. The van der Waals surface area contributed by atoms with E-state index in [0.29, 0.717) is 28.5 Å². The summed E-state index contributed by atoms with van der Waals surface area (Å²) >= 11 is 5.77. The first-order valence-corrected chi connectivity index (χ1v) is 9.05. The summed E-state index contributed by atoms with van der Waals surface area (Å²) in [7, 11) is 0. The Labute approximate surface area is 174 Å². The number of halogens is 2. The Morgan fingerprint density at radius 3 is 2.67 bits per heavy atom. The molecule has 148 valence electrons. The van der Waals surface area contributed by atoms with Gasteiger partial charge in [0.25, 0.3) is 0 Å². The summed E-state index contributed by atoms with van der Waals surface area (Å²) in [6.45, 7) is 0. The summed E-state index contributed by atoms with van der Waals surface area (Å²) < 4.78 is 15.0. The second-order valence-electron chi connectivity index (χ2n) is 6.47. The van der Waals surface area contributed by atoms with Crippen molar-refractivity contribution in [3.8, 4) is 11.9 Å². The van der Waals surface area contributed by atoms with Crippen LogP contribution in [0.4, 0.5) is 10.1 Å². The molecular formula is C21H12ClFN4O3. The first-order chi connectivity index (χ1) is 14.4. The maximum Gasteiger partial charge on any atom is 0.329 e. The van der Waals surface area contributed by atoms with Crippen molar-refractivity contribution in [3.63, 3.8) is 0 Å². The number of imidazole rings is 1. The van der Waals surface area contributed by atoms with Gasteiger partial charge in [0, 0.05) is 17.4 Å². The van der Waals surface area contributed by atoms with E-state index in [-0.39, 0.29) is 16.4 Å². The molecule has 0 amide bonds. The second kappa shape index (κ2) is 7.46. The van der Waals surface area contributed by atoms with Gasteiger partial charge in [0.15, 0.2) is 5.82 Å². The lowest BCUT2D eigenvalue weighted by Gasteiger charge is -2.12. The van der Waals surface area contributed by atoms with Gasteiger partial charge in [-0.25, -0.2) is 13.8 Å². The Bertz CT molecular complexity index is 1330. The number of aromatic hydroxyl groups is 1. The molecule has 4 rings (SSSR count). The van der Waals surface area contributed by atoms with E-state index in [0.717, 1.165) is 4.57 Å². The molecule has 1 unspecified atom stereocenters. The van der Waals surface area contributed by atoms with Crippen molar-refractivity contribution >= 4 is 41.4 Å². The van der Waals surface area contributed by atoms with Gasteiger partial charge in [-0.15, -0.1) is 0 Å². The number of fused-ring (bicyclic) bond motifs is 1. The summed E-state index contributed by atoms with van der Waals surface area (Å²) in [6.07, 6.45) is 3.32. The smallest absolute Gasteiger partial charge is 0.329 e. The molecule has 0 saturated carbocycles. The van der Waals surface area contributed by atoms with Crippen molar-refractivity contribution in [1.29, 1.82) is 5.26 Å². The first-order valence-electron chi connectivity index (χ1n) is 8.67. The Morgan fingerprint density at radius 1 is 1.27 bits per heavy atom. The van der Waals surface area contributed by atoms with Crippen LogP contribution in [0.15, 0.2) is 46.2 Å². The number of allylic oxidation sites excluding steroid dienone is 1. The zero-order chi connectivity index (χ0) is 21.4. The normalized spacial score (nSPS) is 14.5. The molecule has 2 N–H and O–H groups in total. The van der Waals surface area contributed by atoms with Crippen molar-refractivity contribution in [2.45, 2.75) is 6.04 Å². The highest BCUT2D eigenvalue weighted by Crippen LogP contribution is 2.38. The summed E-state index contributed by atoms with van der Waals surface area (Å²) in [5, 5.41) is 19.5. The molecule has 2 heterocycles. The lowest BCUT2D eigenvalue weighted by atomic mass is 10.1. The van der Waals surface area contributed by atoms with E-state index < -0.39 is 23.4 Å². The molecule has 1 aliphatic rings. The van der Waals surface area contributed by atoms with E-state index in [9.17, 15) is 19.1 Å². The molecule has 1 atom stereocenters. The monoisotopic (exact) mass is 422 g/mol. The molecule has 0 aliphatic carbocycles. The molecule has 0 radical (unpaired) electrons. The quantitative estimate of drug-likeness (QED) is 0.626. The van der Waals surface area contributed by atoms with Crippen LogP contribution in [-0.2, 0) is 4.79 Å². The Kier molecular flexibility index (Phi) is 4.82. The average Bonchev–Trinajstić information content (AvgIpc) is 3.28. The fourth-order valence-electron chi connectivity index (χ4n) is 3.23. The van der Waals surface area contributed by atoms with Gasteiger partial charge in [-0.1, -0.05) is 29.8 Å². The molecule has 1 aromatic heterocycles. The van der Waals surface area contributed by atoms with Crippen LogP contribution < -0.4 is 5.69 Å². The fraction of sp³-hybridized carbons (Fsp3) is 0.0476. The zero-order valence-corrected chi connectivity index (χ0v) is 15.9. The molecule has 2 aromatic carbocycles.